The molecule has 120 valence electrons. The maximum atomic E-state index is 12.7. The molecule has 0 amide bonds. The van der Waals surface area contributed by atoms with Crippen LogP contribution in [0.5, 0.6) is 0 Å². The lowest BCUT2D eigenvalue weighted by Gasteiger charge is -2.42. The van der Waals surface area contributed by atoms with Gasteiger partial charge in [-0.2, -0.15) is 13.2 Å². The number of rotatable bonds is 6. The molecule has 21 heavy (non-hydrogen) atoms. The topological polar surface area (TPSA) is 29.3 Å². The van der Waals surface area contributed by atoms with E-state index in [0.29, 0.717) is 12.0 Å². The highest BCUT2D eigenvalue weighted by Gasteiger charge is 2.33. The van der Waals surface area contributed by atoms with Crippen LogP contribution >= 0.6 is 0 Å². The molecule has 0 fully saturated rings. The molecule has 0 saturated heterocycles. The average Bonchev–Trinajstić information content (AvgIpc) is 2.39. The average molecular weight is 302 g/mol. The first kappa shape index (κ1) is 18.0. The van der Waals surface area contributed by atoms with E-state index >= 15 is 0 Å². The number of halogens is 3. The minimum Gasteiger partial charge on any atom is -0.326 e. The Bertz CT molecular complexity index is 451. The highest BCUT2D eigenvalue weighted by atomic mass is 19.4. The van der Waals surface area contributed by atoms with E-state index in [1.165, 1.54) is 12.1 Å². The summed E-state index contributed by atoms with van der Waals surface area (Å²) >= 11 is 0. The van der Waals surface area contributed by atoms with E-state index in [4.69, 9.17) is 5.73 Å². The van der Waals surface area contributed by atoms with Crippen LogP contribution < -0.4 is 5.73 Å². The zero-order chi connectivity index (χ0) is 16.3. The zero-order valence-electron chi connectivity index (χ0n) is 13.2. The Kier molecular flexibility index (Phi) is 5.82. The van der Waals surface area contributed by atoms with Gasteiger partial charge >= 0.3 is 6.18 Å². The van der Waals surface area contributed by atoms with Crippen molar-refractivity contribution in [2.45, 2.75) is 51.9 Å². The number of nitrogens with zero attached hydrogens (tertiary/aromatic N) is 1. The monoisotopic (exact) mass is 302 g/mol. The summed E-state index contributed by atoms with van der Waals surface area (Å²) < 4.78 is 38.2. The fraction of sp³-hybridized carbons (Fsp3) is 0.625. The molecule has 0 spiro atoms. The number of alkyl halides is 3. The van der Waals surface area contributed by atoms with Gasteiger partial charge in [0, 0.05) is 11.6 Å². The van der Waals surface area contributed by atoms with E-state index < -0.39 is 11.7 Å². The van der Waals surface area contributed by atoms with Gasteiger partial charge in [0.1, 0.15) is 0 Å². The predicted octanol–water partition coefficient (Wildman–Crippen LogP) is 3.70. The predicted molar refractivity (Wildman–Crippen MR) is 80.1 cm³/mol. The third-order valence-electron chi connectivity index (χ3n) is 4.20. The van der Waals surface area contributed by atoms with E-state index in [2.05, 4.69) is 18.7 Å². The summed E-state index contributed by atoms with van der Waals surface area (Å²) in [5.41, 5.74) is 6.01. The summed E-state index contributed by atoms with van der Waals surface area (Å²) in [5.74, 6) is 0. The van der Waals surface area contributed by atoms with Crippen LogP contribution in [-0.2, 0) is 12.6 Å². The second-order valence-electron chi connectivity index (χ2n) is 5.83. The quantitative estimate of drug-likeness (QED) is 0.868. The van der Waals surface area contributed by atoms with Gasteiger partial charge in [0.15, 0.2) is 0 Å². The van der Waals surface area contributed by atoms with Crippen LogP contribution in [0.4, 0.5) is 13.2 Å². The normalized spacial score (nSPS) is 14.5. The number of nitrogens with two attached hydrogens (primary N) is 1. The van der Waals surface area contributed by atoms with Crippen molar-refractivity contribution in [3.05, 3.63) is 35.4 Å². The molecular weight excluding hydrogens is 277 g/mol. The molecule has 1 rings (SSSR count). The molecule has 0 aromatic heterocycles. The van der Waals surface area contributed by atoms with Crippen LogP contribution in [0.1, 0.15) is 38.8 Å². The second-order valence-corrected chi connectivity index (χ2v) is 5.83. The zero-order valence-corrected chi connectivity index (χ0v) is 13.2. The lowest BCUT2D eigenvalue weighted by atomic mass is 9.87. The van der Waals surface area contributed by atoms with Crippen molar-refractivity contribution in [2.75, 3.05) is 13.1 Å². The Morgan fingerprint density at radius 1 is 1.14 bits per heavy atom. The Labute approximate surface area is 125 Å². The van der Waals surface area contributed by atoms with E-state index in [1.807, 2.05) is 13.8 Å². The Hall–Kier alpha value is -1.07. The number of likely N-dealkylation sites (N-methyl/N-ethyl adjacent to an activating group) is 1. The van der Waals surface area contributed by atoms with Gasteiger partial charge < -0.3 is 5.73 Å². The summed E-state index contributed by atoms with van der Waals surface area (Å²) in [7, 11) is 0. The van der Waals surface area contributed by atoms with Crippen LogP contribution in [0.3, 0.4) is 0 Å². The van der Waals surface area contributed by atoms with Crippen LogP contribution in [0.2, 0.25) is 0 Å². The first-order chi connectivity index (χ1) is 9.62. The summed E-state index contributed by atoms with van der Waals surface area (Å²) in [5, 5.41) is 0. The molecule has 1 atom stereocenters. The van der Waals surface area contributed by atoms with Gasteiger partial charge in [-0.3, -0.25) is 4.90 Å². The molecule has 1 unspecified atom stereocenters. The molecule has 5 heteroatoms. The van der Waals surface area contributed by atoms with Crippen LogP contribution in [-0.4, -0.2) is 29.6 Å². The summed E-state index contributed by atoms with van der Waals surface area (Å²) in [4.78, 5) is 2.23. The molecule has 0 heterocycles. The fourth-order valence-electron chi connectivity index (χ4n) is 2.65. The van der Waals surface area contributed by atoms with Crippen molar-refractivity contribution < 1.29 is 13.2 Å². The second kappa shape index (κ2) is 6.79. The standard InChI is InChI=1S/C16H25F3N2/c1-5-21(6-2)15(3,4)14(20)11-12-8-7-9-13(10-12)16(17,18)19/h7-10,14H,5-6,11,20H2,1-4H3. The molecule has 0 aliphatic carbocycles. The van der Waals surface area contributed by atoms with Crippen molar-refractivity contribution in [3.8, 4) is 0 Å². The molecule has 2 nitrogen and oxygen atoms in total. The van der Waals surface area contributed by atoms with E-state index in [0.717, 1.165) is 19.2 Å². The van der Waals surface area contributed by atoms with E-state index in [1.54, 1.807) is 6.07 Å². The van der Waals surface area contributed by atoms with Crippen LogP contribution in [0, 0.1) is 0 Å². The summed E-state index contributed by atoms with van der Waals surface area (Å²) in [6.07, 6.45) is -3.89. The molecule has 1 aromatic carbocycles. The van der Waals surface area contributed by atoms with Gasteiger partial charge in [0.25, 0.3) is 0 Å². The Morgan fingerprint density at radius 3 is 2.19 bits per heavy atom. The number of hydrogen-bond acceptors (Lipinski definition) is 2. The first-order valence-corrected chi connectivity index (χ1v) is 7.29. The van der Waals surface area contributed by atoms with Crippen molar-refractivity contribution in [1.29, 1.82) is 0 Å². The highest BCUT2D eigenvalue weighted by Crippen LogP contribution is 2.30. The third kappa shape index (κ3) is 4.45. The molecule has 2 N–H and O–H groups in total. The molecule has 0 aliphatic heterocycles. The fourth-order valence-corrected chi connectivity index (χ4v) is 2.65. The summed E-state index contributed by atoms with van der Waals surface area (Å²) in [6, 6.07) is 5.19. The lowest BCUT2D eigenvalue weighted by Crippen LogP contribution is -2.56. The molecular formula is C16H25F3N2. The van der Waals surface area contributed by atoms with Gasteiger partial charge in [-0.1, -0.05) is 32.0 Å². The van der Waals surface area contributed by atoms with Crippen molar-refractivity contribution in [3.63, 3.8) is 0 Å². The Morgan fingerprint density at radius 2 is 1.71 bits per heavy atom. The highest BCUT2D eigenvalue weighted by molar-refractivity contribution is 5.26. The third-order valence-corrected chi connectivity index (χ3v) is 4.20. The van der Waals surface area contributed by atoms with Gasteiger partial charge in [-0.15, -0.1) is 0 Å². The largest absolute Gasteiger partial charge is 0.416 e. The SMILES string of the molecule is CCN(CC)C(C)(C)C(N)Cc1cccc(C(F)(F)F)c1. The maximum Gasteiger partial charge on any atom is 0.416 e. The van der Waals surface area contributed by atoms with Gasteiger partial charge in [-0.25, -0.2) is 0 Å². The Balaban J connectivity index is 2.90. The van der Waals surface area contributed by atoms with Gasteiger partial charge in [0.05, 0.1) is 5.56 Å². The van der Waals surface area contributed by atoms with E-state index in [9.17, 15) is 13.2 Å². The number of benzene rings is 1. The van der Waals surface area contributed by atoms with Gasteiger partial charge in [0.2, 0.25) is 0 Å². The number of hydrogen-bond donors (Lipinski definition) is 1. The molecule has 0 radical (unpaired) electrons. The van der Waals surface area contributed by atoms with Crippen molar-refractivity contribution >= 4 is 0 Å². The molecule has 0 saturated carbocycles. The lowest BCUT2D eigenvalue weighted by molar-refractivity contribution is -0.137. The first-order valence-electron chi connectivity index (χ1n) is 7.29. The van der Waals surface area contributed by atoms with Crippen LogP contribution in [0.25, 0.3) is 0 Å². The smallest absolute Gasteiger partial charge is 0.326 e. The maximum absolute atomic E-state index is 12.7. The van der Waals surface area contributed by atoms with Gasteiger partial charge in [-0.05, 0) is 45.0 Å². The minimum absolute atomic E-state index is 0.235. The molecule has 0 aliphatic rings. The van der Waals surface area contributed by atoms with Crippen LogP contribution in [0.15, 0.2) is 24.3 Å². The van der Waals surface area contributed by atoms with Crippen molar-refractivity contribution in [1.82, 2.24) is 4.90 Å². The molecule has 1 aromatic rings. The summed E-state index contributed by atoms with van der Waals surface area (Å²) in [6.45, 7) is 9.92. The molecule has 0 bridgehead atoms. The minimum atomic E-state index is -4.31. The van der Waals surface area contributed by atoms with Crippen molar-refractivity contribution in [2.24, 2.45) is 5.73 Å². The van der Waals surface area contributed by atoms with E-state index in [-0.39, 0.29) is 11.6 Å².